The summed E-state index contributed by atoms with van der Waals surface area (Å²) in [6.45, 7) is 1.53. The van der Waals surface area contributed by atoms with Gasteiger partial charge in [0.2, 0.25) is 6.61 Å². The van der Waals surface area contributed by atoms with Crippen molar-refractivity contribution in [2.75, 3.05) is 6.61 Å². The summed E-state index contributed by atoms with van der Waals surface area (Å²) in [5, 5.41) is 43.6. The van der Waals surface area contributed by atoms with Crippen LogP contribution in [0.25, 0.3) is 0 Å². The number of carboxylic acid groups (broad SMARTS) is 1. The lowest BCUT2D eigenvalue weighted by Crippen LogP contribution is -2.45. The Kier molecular flexibility index (Phi) is 4.39. The fourth-order valence-corrected chi connectivity index (χ4v) is 5.65. The molecule has 7 nitrogen and oxygen atoms in total. The Morgan fingerprint density at radius 3 is 2.89 bits per heavy atom. The molecule has 4 N–H and O–H groups in total. The molecule has 2 fully saturated rings. The fourth-order valence-electron chi connectivity index (χ4n) is 5.65. The molecule has 3 aliphatic rings. The second-order valence-corrected chi connectivity index (χ2v) is 8.35. The van der Waals surface area contributed by atoms with Crippen molar-refractivity contribution in [2.45, 2.75) is 50.7 Å². The lowest BCUT2D eigenvalue weighted by atomic mass is 9.55. The van der Waals surface area contributed by atoms with Gasteiger partial charge in [0.05, 0.1) is 17.9 Å². The first-order chi connectivity index (χ1) is 12.8. The molecule has 4 rings (SSSR count). The first kappa shape index (κ1) is 18.3. The number of fused-ring (bicyclic) bond motifs is 5. The molecular weight excluding hydrogens is 350 g/mol. The van der Waals surface area contributed by atoms with E-state index in [0.717, 1.165) is 24.0 Å². The van der Waals surface area contributed by atoms with Crippen molar-refractivity contribution < 1.29 is 30.1 Å². The fraction of sp³-hybridized carbons (Fsp3) is 0.600. The highest BCUT2D eigenvalue weighted by molar-refractivity contribution is 6.03. The molecule has 0 spiro atoms. The number of aliphatic hydroxyl groups excluding tert-OH is 2. The summed E-state index contributed by atoms with van der Waals surface area (Å²) >= 11 is 0. The number of carboxylic acids is 1. The topological polar surface area (TPSA) is 120 Å². The number of carbonyl (C=O) groups is 1. The van der Waals surface area contributed by atoms with Crippen molar-refractivity contribution in [3.8, 4) is 5.75 Å². The summed E-state index contributed by atoms with van der Waals surface area (Å²) in [7, 11) is 0. The largest absolute Gasteiger partial charge is 0.508 e. The van der Waals surface area contributed by atoms with Gasteiger partial charge in [0.1, 0.15) is 5.75 Å². The minimum atomic E-state index is -1.10. The van der Waals surface area contributed by atoms with E-state index in [0.29, 0.717) is 18.6 Å². The van der Waals surface area contributed by atoms with Gasteiger partial charge in [-0.15, -0.1) is 0 Å². The molecule has 27 heavy (non-hydrogen) atoms. The predicted octanol–water partition coefficient (Wildman–Crippen LogP) is 1.84. The summed E-state index contributed by atoms with van der Waals surface area (Å²) in [5.41, 5.74) is 2.15. The molecule has 146 valence electrons. The molecule has 1 aromatic rings. The van der Waals surface area contributed by atoms with Crippen molar-refractivity contribution in [1.82, 2.24) is 0 Å². The van der Waals surface area contributed by atoms with Gasteiger partial charge in [-0.25, -0.2) is 4.79 Å². The monoisotopic (exact) mass is 375 g/mol. The van der Waals surface area contributed by atoms with Crippen molar-refractivity contribution in [2.24, 2.45) is 22.4 Å². The van der Waals surface area contributed by atoms with Crippen LogP contribution in [0.1, 0.15) is 49.7 Å². The number of aliphatic carboxylic acids is 1. The van der Waals surface area contributed by atoms with Crippen LogP contribution in [-0.4, -0.2) is 50.9 Å². The highest BCUT2D eigenvalue weighted by atomic mass is 16.6. The highest BCUT2D eigenvalue weighted by Gasteiger charge is 2.58. The number of aromatic hydroxyl groups is 1. The zero-order chi connectivity index (χ0) is 19.3. The SMILES string of the molecule is C[C@]12CC[C@H]3c4ccc(O)cc4/C(=N\OCC(=O)O)C[C@@H]3[C@@H]1C[C@@H](O)[C@@H]2O. The van der Waals surface area contributed by atoms with Crippen molar-refractivity contribution in [3.63, 3.8) is 0 Å². The molecule has 3 aliphatic carbocycles. The van der Waals surface area contributed by atoms with Gasteiger partial charge >= 0.3 is 5.97 Å². The third-order valence-corrected chi connectivity index (χ3v) is 6.95. The molecule has 1 aromatic carbocycles. The number of rotatable bonds is 3. The zero-order valence-electron chi connectivity index (χ0n) is 15.2. The van der Waals surface area contributed by atoms with E-state index in [1.807, 2.05) is 6.07 Å². The maximum Gasteiger partial charge on any atom is 0.344 e. The summed E-state index contributed by atoms with van der Waals surface area (Å²) in [6, 6.07) is 5.21. The summed E-state index contributed by atoms with van der Waals surface area (Å²) in [4.78, 5) is 15.7. The van der Waals surface area contributed by atoms with Crippen LogP contribution in [0.3, 0.4) is 0 Å². The van der Waals surface area contributed by atoms with Crippen LogP contribution < -0.4 is 0 Å². The Hall–Kier alpha value is -2.12. The Labute approximate surface area is 157 Å². The van der Waals surface area contributed by atoms with E-state index in [2.05, 4.69) is 12.1 Å². The van der Waals surface area contributed by atoms with Crippen LogP contribution in [0.15, 0.2) is 23.4 Å². The third-order valence-electron chi connectivity index (χ3n) is 6.95. The van der Waals surface area contributed by atoms with Crippen molar-refractivity contribution >= 4 is 11.7 Å². The number of oxime groups is 1. The summed E-state index contributed by atoms with van der Waals surface area (Å²) in [5.74, 6) is -0.385. The van der Waals surface area contributed by atoms with E-state index in [-0.39, 0.29) is 28.9 Å². The zero-order valence-corrected chi connectivity index (χ0v) is 15.2. The summed E-state index contributed by atoms with van der Waals surface area (Å²) < 4.78 is 0. The molecule has 0 amide bonds. The first-order valence-electron chi connectivity index (χ1n) is 9.41. The second-order valence-electron chi connectivity index (χ2n) is 8.35. The number of aliphatic hydroxyl groups is 2. The van der Waals surface area contributed by atoms with Gasteiger partial charge in [-0.2, -0.15) is 0 Å². The van der Waals surface area contributed by atoms with Gasteiger partial charge in [-0.1, -0.05) is 18.1 Å². The van der Waals surface area contributed by atoms with Crippen molar-refractivity contribution in [1.29, 1.82) is 0 Å². The van der Waals surface area contributed by atoms with Crippen LogP contribution in [0, 0.1) is 17.3 Å². The van der Waals surface area contributed by atoms with E-state index >= 15 is 0 Å². The van der Waals surface area contributed by atoms with Gasteiger partial charge < -0.3 is 25.3 Å². The van der Waals surface area contributed by atoms with E-state index in [1.165, 1.54) is 0 Å². The van der Waals surface area contributed by atoms with Gasteiger partial charge in [-0.05, 0) is 66.5 Å². The quantitative estimate of drug-likeness (QED) is 0.599. The molecular formula is C20H25NO6. The third kappa shape index (κ3) is 2.89. The maximum atomic E-state index is 10.7. The number of hydrogen-bond donors (Lipinski definition) is 4. The molecule has 0 unspecified atom stereocenters. The lowest BCUT2D eigenvalue weighted by Gasteiger charge is -2.49. The Morgan fingerprint density at radius 2 is 2.15 bits per heavy atom. The molecule has 0 aliphatic heterocycles. The van der Waals surface area contributed by atoms with Gasteiger partial charge in [0, 0.05) is 5.56 Å². The van der Waals surface area contributed by atoms with Gasteiger partial charge in [0.25, 0.3) is 0 Å². The standard InChI is InChI=1S/C20H25NO6/c1-20-5-4-12-11-3-2-10(22)6-14(11)16(21-27-9-18(24)25)7-13(12)15(20)8-17(23)19(20)26/h2-3,6,12-13,15,17,19,22-23,26H,4-5,7-9H2,1H3,(H,24,25)/b21-16-/t12-,13-,15-,17+,19-,20-/m0/s1. The molecule has 0 heterocycles. The minimum absolute atomic E-state index is 0.130. The van der Waals surface area contributed by atoms with Gasteiger partial charge in [-0.3, -0.25) is 0 Å². The number of nitrogens with zero attached hydrogens (tertiary/aromatic N) is 1. The smallest absolute Gasteiger partial charge is 0.344 e. The van der Waals surface area contributed by atoms with E-state index < -0.39 is 24.8 Å². The van der Waals surface area contributed by atoms with Crippen LogP contribution in [-0.2, 0) is 9.63 Å². The van der Waals surface area contributed by atoms with Crippen LogP contribution >= 0.6 is 0 Å². The van der Waals surface area contributed by atoms with E-state index in [9.17, 15) is 20.1 Å². The van der Waals surface area contributed by atoms with E-state index in [4.69, 9.17) is 9.94 Å². The summed E-state index contributed by atoms with van der Waals surface area (Å²) in [6.07, 6.45) is 1.40. The number of phenols is 1. The Bertz CT molecular complexity index is 793. The van der Waals surface area contributed by atoms with Crippen LogP contribution in [0.2, 0.25) is 0 Å². The molecule has 0 radical (unpaired) electrons. The second kappa shape index (κ2) is 6.49. The highest BCUT2D eigenvalue weighted by Crippen LogP contribution is 2.61. The minimum Gasteiger partial charge on any atom is -0.508 e. The molecule has 6 atom stereocenters. The molecule has 7 heteroatoms. The van der Waals surface area contributed by atoms with Crippen LogP contribution in [0.5, 0.6) is 5.75 Å². The Morgan fingerprint density at radius 1 is 1.37 bits per heavy atom. The maximum absolute atomic E-state index is 10.7. The number of phenolic OH excluding ortho intramolecular Hbond substituents is 1. The van der Waals surface area contributed by atoms with Gasteiger partial charge in [0.15, 0.2) is 0 Å². The van der Waals surface area contributed by atoms with Crippen molar-refractivity contribution in [3.05, 3.63) is 29.3 Å². The molecule has 0 aromatic heterocycles. The number of benzene rings is 1. The normalized spacial score (nSPS) is 38.8. The first-order valence-corrected chi connectivity index (χ1v) is 9.41. The van der Waals surface area contributed by atoms with E-state index in [1.54, 1.807) is 12.1 Å². The van der Waals surface area contributed by atoms with Crippen LogP contribution in [0.4, 0.5) is 0 Å². The predicted molar refractivity (Wildman–Crippen MR) is 96.5 cm³/mol. The molecule has 0 saturated heterocycles. The molecule has 0 bridgehead atoms. The molecule has 2 saturated carbocycles. The Balaban J connectivity index is 1.73. The lowest BCUT2D eigenvalue weighted by molar-refractivity contribution is -0.142. The number of hydrogen-bond acceptors (Lipinski definition) is 6. The average Bonchev–Trinajstić information content (AvgIpc) is 2.85. The average molecular weight is 375 g/mol.